The van der Waals surface area contributed by atoms with Gasteiger partial charge in [-0.25, -0.2) is 26.5 Å². The lowest BCUT2D eigenvalue weighted by atomic mass is 10.0. The van der Waals surface area contributed by atoms with Gasteiger partial charge in [0.25, 0.3) is 5.56 Å². The minimum absolute atomic E-state index is 0.00328. The highest BCUT2D eigenvalue weighted by Crippen LogP contribution is 2.36. The van der Waals surface area contributed by atoms with Gasteiger partial charge in [0, 0.05) is 54.7 Å². The van der Waals surface area contributed by atoms with Crippen LogP contribution in [-0.2, 0) is 16.4 Å². The Labute approximate surface area is 190 Å². The van der Waals surface area contributed by atoms with Crippen molar-refractivity contribution >= 4 is 27.0 Å². The van der Waals surface area contributed by atoms with Crippen molar-refractivity contribution in [3.63, 3.8) is 0 Å². The molecule has 9 nitrogen and oxygen atoms in total. The summed E-state index contributed by atoms with van der Waals surface area (Å²) in [6.45, 7) is 2.63. The highest BCUT2D eigenvalue weighted by atomic mass is 32.2. The number of alkyl halides is 2. The first-order valence-corrected chi connectivity index (χ1v) is 13.0. The fraction of sp³-hybridized carbons (Fsp3) is 0.667. The van der Waals surface area contributed by atoms with Crippen LogP contribution in [0.5, 0.6) is 0 Å². The van der Waals surface area contributed by atoms with E-state index in [1.165, 1.54) is 27.4 Å². The van der Waals surface area contributed by atoms with Gasteiger partial charge >= 0.3 is 0 Å². The van der Waals surface area contributed by atoms with E-state index in [9.17, 15) is 27.1 Å². The number of halogens is 2. The van der Waals surface area contributed by atoms with Gasteiger partial charge in [-0.1, -0.05) is 6.92 Å². The van der Waals surface area contributed by atoms with E-state index in [1.54, 1.807) is 0 Å². The quantitative estimate of drug-likeness (QED) is 0.640. The predicted octanol–water partition coefficient (Wildman–Crippen LogP) is 1.77. The Morgan fingerprint density at radius 3 is 2.52 bits per heavy atom. The molecule has 3 atom stereocenters. The molecule has 0 bridgehead atoms. The van der Waals surface area contributed by atoms with Crippen molar-refractivity contribution in [1.82, 2.24) is 18.8 Å². The van der Waals surface area contributed by atoms with Crippen LogP contribution in [0, 0.1) is 5.92 Å². The molecular weight excluding hydrogens is 456 g/mol. The Hall–Kier alpha value is -2.18. The lowest BCUT2D eigenvalue weighted by Gasteiger charge is -2.30. The fourth-order valence-corrected chi connectivity index (χ4v) is 5.74. The first-order chi connectivity index (χ1) is 15.5. The number of nitrogens with zero attached hydrogens (tertiary/aromatic N) is 4. The second kappa shape index (κ2) is 9.22. The van der Waals surface area contributed by atoms with Gasteiger partial charge in [0.05, 0.1) is 12.4 Å². The Morgan fingerprint density at radius 1 is 1.24 bits per heavy atom. The van der Waals surface area contributed by atoms with E-state index in [0.29, 0.717) is 55.8 Å². The van der Waals surface area contributed by atoms with Gasteiger partial charge in [-0.05, 0) is 31.7 Å². The molecule has 2 aromatic rings. The summed E-state index contributed by atoms with van der Waals surface area (Å²) in [5, 5.41) is 13.9. The third-order valence-corrected chi connectivity index (χ3v) is 8.08. The Kier molecular flexibility index (Phi) is 6.70. The van der Waals surface area contributed by atoms with Crippen molar-refractivity contribution in [3.05, 3.63) is 28.2 Å². The van der Waals surface area contributed by atoms with Gasteiger partial charge < -0.3 is 10.4 Å². The van der Waals surface area contributed by atoms with Crippen LogP contribution in [0.2, 0.25) is 0 Å². The number of pyridine rings is 1. The Bertz CT molecular complexity index is 1180. The minimum atomic E-state index is -3.23. The molecule has 33 heavy (non-hydrogen) atoms. The molecular formula is C21H29F2N5O4S. The number of anilines is 1. The van der Waals surface area contributed by atoms with E-state index in [-0.39, 0.29) is 23.6 Å². The number of piperidine rings is 1. The van der Waals surface area contributed by atoms with E-state index in [1.807, 2.05) is 6.92 Å². The molecule has 2 N–H and O–H groups in total. The number of aromatic nitrogens is 3. The first kappa shape index (κ1) is 24.0. The number of fused-ring (bicyclic) bond motifs is 1. The average molecular weight is 486 g/mol. The molecule has 2 aliphatic rings. The number of rotatable bonds is 6. The van der Waals surface area contributed by atoms with Crippen LogP contribution >= 0.6 is 0 Å². The maximum atomic E-state index is 13.2. The maximum absolute atomic E-state index is 13.2. The van der Waals surface area contributed by atoms with Crippen molar-refractivity contribution in [1.29, 1.82) is 0 Å². The summed E-state index contributed by atoms with van der Waals surface area (Å²) in [6.07, 6.45) is 1.05. The summed E-state index contributed by atoms with van der Waals surface area (Å²) >= 11 is 0. The molecule has 1 saturated carbocycles. The van der Waals surface area contributed by atoms with Crippen LogP contribution in [0.4, 0.5) is 14.7 Å². The molecule has 2 fully saturated rings. The van der Waals surface area contributed by atoms with E-state index in [4.69, 9.17) is 0 Å². The molecule has 0 amide bonds. The van der Waals surface area contributed by atoms with Gasteiger partial charge in [0.15, 0.2) is 0 Å². The molecule has 3 heterocycles. The molecule has 0 spiro atoms. The lowest BCUT2D eigenvalue weighted by molar-refractivity contribution is 0.128. The molecule has 1 aliphatic heterocycles. The summed E-state index contributed by atoms with van der Waals surface area (Å²) in [6, 6.07) is 1.03. The van der Waals surface area contributed by atoms with Crippen molar-refractivity contribution in [3.8, 4) is 0 Å². The summed E-state index contributed by atoms with van der Waals surface area (Å²) < 4.78 is 52.5. The third kappa shape index (κ3) is 5.02. The molecule has 4 rings (SSSR count). The molecule has 0 aromatic carbocycles. The van der Waals surface area contributed by atoms with Gasteiger partial charge in [-0.2, -0.15) is 4.98 Å². The topological polar surface area (TPSA) is 117 Å². The van der Waals surface area contributed by atoms with Crippen LogP contribution in [0.3, 0.4) is 0 Å². The monoisotopic (exact) mass is 485 g/mol. The smallest absolute Gasteiger partial charge is 0.255 e. The SMILES string of the molecule is CC1C(O)CCC1n1c(=O)c(CC(F)F)cc2cnc(NC3CCN(S(C)(=O)=O)CC3)nc21. The maximum Gasteiger partial charge on any atom is 0.255 e. The number of hydrogen-bond donors (Lipinski definition) is 2. The zero-order valence-corrected chi connectivity index (χ0v) is 19.4. The molecule has 1 aliphatic carbocycles. The van der Waals surface area contributed by atoms with E-state index in [2.05, 4.69) is 15.3 Å². The van der Waals surface area contributed by atoms with Crippen LogP contribution in [0.25, 0.3) is 11.0 Å². The van der Waals surface area contributed by atoms with Crippen LogP contribution in [-0.4, -0.2) is 70.3 Å². The van der Waals surface area contributed by atoms with Gasteiger partial charge in [-0.15, -0.1) is 0 Å². The second-order valence-corrected chi connectivity index (χ2v) is 11.0. The third-order valence-electron chi connectivity index (χ3n) is 6.78. The molecule has 3 unspecified atom stereocenters. The predicted molar refractivity (Wildman–Crippen MR) is 120 cm³/mol. The second-order valence-electron chi connectivity index (χ2n) is 9.06. The van der Waals surface area contributed by atoms with Crippen LogP contribution < -0.4 is 10.9 Å². The number of nitrogens with one attached hydrogen (secondary N) is 1. The molecule has 12 heteroatoms. The van der Waals surface area contributed by atoms with E-state index >= 15 is 0 Å². The summed E-state index contributed by atoms with van der Waals surface area (Å²) in [4.78, 5) is 22.1. The fourth-order valence-electron chi connectivity index (χ4n) is 4.87. The van der Waals surface area contributed by atoms with E-state index in [0.717, 1.165) is 0 Å². The lowest BCUT2D eigenvalue weighted by Crippen LogP contribution is -2.42. The first-order valence-electron chi connectivity index (χ1n) is 11.1. The highest BCUT2D eigenvalue weighted by Gasteiger charge is 2.35. The van der Waals surface area contributed by atoms with Crippen molar-refractivity contribution in [2.45, 2.75) is 63.6 Å². The molecule has 0 radical (unpaired) electrons. The summed E-state index contributed by atoms with van der Waals surface area (Å²) in [7, 11) is -3.23. The summed E-state index contributed by atoms with van der Waals surface area (Å²) in [5.41, 5.74) is -0.168. The van der Waals surface area contributed by atoms with Crippen molar-refractivity contribution in [2.24, 2.45) is 5.92 Å². The van der Waals surface area contributed by atoms with Crippen molar-refractivity contribution < 1.29 is 22.3 Å². The number of aliphatic hydroxyl groups is 1. The zero-order chi connectivity index (χ0) is 23.9. The number of aliphatic hydroxyl groups excluding tert-OH is 1. The highest BCUT2D eigenvalue weighted by molar-refractivity contribution is 7.88. The van der Waals surface area contributed by atoms with Crippen molar-refractivity contribution in [2.75, 3.05) is 24.7 Å². The molecule has 182 valence electrons. The average Bonchev–Trinajstić information content (AvgIpc) is 3.07. The largest absolute Gasteiger partial charge is 0.393 e. The zero-order valence-electron chi connectivity index (χ0n) is 18.6. The molecule has 1 saturated heterocycles. The minimum Gasteiger partial charge on any atom is -0.393 e. The van der Waals surface area contributed by atoms with Gasteiger partial charge in [0.2, 0.25) is 22.4 Å². The van der Waals surface area contributed by atoms with Crippen LogP contribution in [0.1, 0.15) is 44.2 Å². The normalized spacial score (nSPS) is 25.2. The summed E-state index contributed by atoms with van der Waals surface area (Å²) in [5.74, 6) is 0.0701. The van der Waals surface area contributed by atoms with Gasteiger partial charge in [0.1, 0.15) is 5.65 Å². The molecule has 2 aromatic heterocycles. The Balaban J connectivity index is 1.68. The van der Waals surface area contributed by atoms with Crippen LogP contribution in [0.15, 0.2) is 17.1 Å². The standard InChI is InChI=1S/C21H29F2N5O4S/c1-12-16(3-4-17(12)29)28-19-14(9-13(20(28)30)10-18(22)23)11-24-21(26-19)25-15-5-7-27(8-6-15)33(2,31)32/h9,11-12,15-18,29H,3-8,10H2,1-2H3,(H,24,25,26). The Morgan fingerprint density at radius 2 is 1.94 bits per heavy atom. The number of hydrogen-bond acceptors (Lipinski definition) is 7. The van der Waals surface area contributed by atoms with Gasteiger partial charge in [-0.3, -0.25) is 9.36 Å². The number of sulfonamides is 1. The van der Waals surface area contributed by atoms with E-state index < -0.39 is 34.5 Å².